The number of anilines is 9. The molecule has 0 bridgehead atoms. The number of hydrogen-bond acceptors (Lipinski definition) is 3. The summed E-state index contributed by atoms with van der Waals surface area (Å²) in [7, 11) is 0. The standard InChI is InChI=1S/C45H36F3N3/c1-31-16-13-25-37(28-31)49(34-19-7-4-8-20-34)43-40(46)44(50(35-21-9-5-10-22-35)38-26-14-17-32(2)29-38)42(48)45(41(43)47)51(36-23-11-6-12-24-36)39-27-15-18-33(3)30-39/h4-30H,1-3H3. The first-order chi connectivity index (χ1) is 24.8. The molecule has 7 aromatic rings. The predicted octanol–water partition coefficient (Wildman–Crippen LogP) is 13.4. The molecule has 0 aromatic heterocycles. The second-order valence-corrected chi connectivity index (χ2v) is 12.5. The van der Waals surface area contributed by atoms with Gasteiger partial charge in [0, 0.05) is 34.1 Å². The molecular weight excluding hydrogens is 640 g/mol. The summed E-state index contributed by atoms with van der Waals surface area (Å²) in [5, 5.41) is 0. The van der Waals surface area contributed by atoms with E-state index in [9.17, 15) is 0 Å². The topological polar surface area (TPSA) is 9.72 Å². The molecule has 0 saturated heterocycles. The summed E-state index contributed by atoms with van der Waals surface area (Å²) < 4.78 is 53.9. The molecule has 7 rings (SSSR count). The van der Waals surface area contributed by atoms with E-state index in [1.807, 2.05) is 130 Å². The Labute approximate surface area is 297 Å². The number of aryl methyl sites for hydroxylation is 3. The van der Waals surface area contributed by atoms with Crippen molar-refractivity contribution in [2.45, 2.75) is 20.8 Å². The molecule has 0 saturated carbocycles. The monoisotopic (exact) mass is 675 g/mol. The summed E-state index contributed by atoms with van der Waals surface area (Å²) in [6.07, 6.45) is 0. The Bertz CT molecular complexity index is 2010. The smallest absolute Gasteiger partial charge is 0.177 e. The fourth-order valence-electron chi connectivity index (χ4n) is 6.47. The molecule has 6 heteroatoms. The van der Waals surface area contributed by atoms with Gasteiger partial charge in [-0.05, 0) is 110 Å². The molecule has 0 radical (unpaired) electrons. The number of nitrogens with zero attached hydrogens (tertiary/aromatic N) is 3. The van der Waals surface area contributed by atoms with Crippen LogP contribution in [0.1, 0.15) is 16.7 Å². The Balaban J connectivity index is 1.65. The van der Waals surface area contributed by atoms with E-state index in [1.54, 1.807) is 54.6 Å². The van der Waals surface area contributed by atoms with E-state index in [0.717, 1.165) is 16.7 Å². The normalized spacial score (nSPS) is 10.9. The summed E-state index contributed by atoms with van der Waals surface area (Å²) >= 11 is 0. The zero-order valence-corrected chi connectivity index (χ0v) is 28.6. The Hall–Kier alpha value is -6.27. The minimum Gasteiger partial charge on any atom is -0.305 e. The van der Waals surface area contributed by atoms with E-state index in [0.29, 0.717) is 34.1 Å². The molecule has 0 atom stereocenters. The van der Waals surface area contributed by atoms with Crippen LogP contribution in [-0.2, 0) is 0 Å². The number of hydrogen-bond donors (Lipinski definition) is 0. The molecule has 252 valence electrons. The van der Waals surface area contributed by atoms with Crippen molar-refractivity contribution < 1.29 is 13.2 Å². The van der Waals surface area contributed by atoms with E-state index < -0.39 is 34.5 Å². The van der Waals surface area contributed by atoms with E-state index in [2.05, 4.69) is 0 Å². The van der Waals surface area contributed by atoms with Gasteiger partial charge in [-0.15, -0.1) is 0 Å². The van der Waals surface area contributed by atoms with E-state index in [4.69, 9.17) is 0 Å². The SMILES string of the molecule is Cc1cccc(N(c2ccccc2)c2c(F)c(N(c3ccccc3)c3cccc(C)c3)c(F)c(N(c3ccccc3)c3cccc(C)c3)c2F)c1. The molecule has 51 heavy (non-hydrogen) atoms. The predicted molar refractivity (Wildman–Crippen MR) is 205 cm³/mol. The van der Waals surface area contributed by atoms with Crippen LogP contribution >= 0.6 is 0 Å². The molecule has 0 spiro atoms. The van der Waals surface area contributed by atoms with Crippen LogP contribution in [0.5, 0.6) is 0 Å². The van der Waals surface area contributed by atoms with E-state index in [1.165, 1.54) is 14.7 Å². The largest absolute Gasteiger partial charge is 0.305 e. The average Bonchev–Trinajstić information content (AvgIpc) is 3.14. The lowest BCUT2D eigenvalue weighted by atomic mass is 10.0. The first kappa shape index (κ1) is 33.2. The Morgan fingerprint density at radius 3 is 0.765 bits per heavy atom. The summed E-state index contributed by atoms with van der Waals surface area (Å²) in [5.74, 6) is -3.16. The molecule has 0 aliphatic rings. The highest BCUT2D eigenvalue weighted by molar-refractivity contribution is 5.91. The van der Waals surface area contributed by atoms with Gasteiger partial charge < -0.3 is 14.7 Å². The Morgan fingerprint density at radius 2 is 0.529 bits per heavy atom. The molecule has 0 fully saturated rings. The van der Waals surface area contributed by atoms with Crippen molar-refractivity contribution in [3.05, 3.63) is 198 Å². The van der Waals surface area contributed by atoms with E-state index >= 15 is 13.2 Å². The van der Waals surface area contributed by atoms with Crippen molar-refractivity contribution in [2.75, 3.05) is 14.7 Å². The van der Waals surface area contributed by atoms with Gasteiger partial charge in [-0.1, -0.05) is 91.0 Å². The molecule has 0 heterocycles. The lowest BCUT2D eigenvalue weighted by Crippen LogP contribution is -2.23. The van der Waals surface area contributed by atoms with E-state index in [-0.39, 0.29) is 0 Å². The molecular formula is C45H36F3N3. The van der Waals surface area contributed by atoms with Gasteiger partial charge in [-0.3, -0.25) is 0 Å². The highest BCUT2D eigenvalue weighted by Gasteiger charge is 2.36. The fraction of sp³-hybridized carbons (Fsp3) is 0.0667. The van der Waals surface area contributed by atoms with Crippen molar-refractivity contribution in [3.8, 4) is 0 Å². The average molecular weight is 676 g/mol. The van der Waals surface area contributed by atoms with Gasteiger partial charge in [0.05, 0.1) is 0 Å². The van der Waals surface area contributed by atoms with Crippen LogP contribution in [-0.4, -0.2) is 0 Å². The zero-order valence-electron chi connectivity index (χ0n) is 28.6. The summed E-state index contributed by atoms with van der Waals surface area (Å²) in [4.78, 5) is 4.59. The van der Waals surface area contributed by atoms with Gasteiger partial charge in [-0.25, -0.2) is 13.2 Å². The fourth-order valence-corrected chi connectivity index (χ4v) is 6.47. The van der Waals surface area contributed by atoms with Crippen LogP contribution in [0.4, 0.5) is 64.4 Å². The highest BCUT2D eigenvalue weighted by atomic mass is 19.1. The van der Waals surface area contributed by atoms with Gasteiger partial charge in [0.15, 0.2) is 17.5 Å². The van der Waals surface area contributed by atoms with Gasteiger partial charge in [-0.2, -0.15) is 0 Å². The van der Waals surface area contributed by atoms with Gasteiger partial charge >= 0.3 is 0 Å². The third-order valence-corrected chi connectivity index (χ3v) is 8.74. The number of rotatable bonds is 9. The van der Waals surface area contributed by atoms with Gasteiger partial charge in [0.25, 0.3) is 0 Å². The third-order valence-electron chi connectivity index (χ3n) is 8.74. The van der Waals surface area contributed by atoms with Crippen LogP contribution in [0.15, 0.2) is 164 Å². The molecule has 0 amide bonds. The van der Waals surface area contributed by atoms with Gasteiger partial charge in [0.2, 0.25) is 0 Å². The van der Waals surface area contributed by atoms with Crippen LogP contribution in [0.2, 0.25) is 0 Å². The first-order valence-corrected chi connectivity index (χ1v) is 16.8. The maximum absolute atomic E-state index is 18.0. The van der Waals surface area contributed by atoms with Crippen LogP contribution in [0, 0.1) is 38.2 Å². The molecule has 0 unspecified atom stereocenters. The second kappa shape index (κ2) is 14.3. The summed E-state index contributed by atoms with van der Waals surface area (Å²) in [5.41, 5.74) is 4.52. The first-order valence-electron chi connectivity index (χ1n) is 16.8. The molecule has 0 N–H and O–H groups in total. The lowest BCUT2D eigenvalue weighted by molar-refractivity contribution is 0.550. The van der Waals surface area contributed by atoms with Crippen molar-refractivity contribution in [1.82, 2.24) is 0 Å². The van der Waals surface area contributed by atoms with Gasteiger partial charge in [0.1, 0.15) is 17.1 Å². The van der Waals surface area contributed by atoms with Crippen LogP contribution in [0.3, 0.4) is 0 Å². The van der Waals surface area contributed by atoms with Crippen LogP contribution < -0.4 is 14.7 Å². The number of halogens is 3. The third kappa shape index (κ3) is 6.56. The maximum atomic E-state index is 18.0. The summed E-state index contributed by atoms with van der Waals surface area (Å²) in [6.45, 7) is 5.76. The molecule has 0 aliphatic carbocycles. The number of benzene rings is 7. The van der Waals surface area contributed by atoms with Crippen molar-refractivity contribution in [2.24, 2.45) is 0 Å². The molecule has 0 aliphatic heterocycles. The zero-order chi connectivity index (χ0) is 35.5. The Kier molecular flexibility index (Phi) is 9.32. The second-order valence-electron chi connectivity index (χ2n) is 12.5. The Morgan fingerprint density at radius 1 is 0.294 bits per heavy atom. The maximum Gasteiger partial charge on any atom is 0.177 e. The van der Waals surface area contributed by atoms with Crippen LogP contribution in [0.25, 0.3) is 0 Å². The minimum absolute atomic E-state index is 0.416. The minimum atomic E-state index is -1.05. The number of para-hydroxylation sites is 3. The van der Waals surface area contributed by atoms with Crippen molar-refractivity contribution in [3.63, 3.8) is 0 Å². The lowest BCUT2D eigenvalue weighted by Gasteiger charge is -2.34. The molecule has 3 nitrogen and oxygen atoms in total. The van der Waals surface area contributed by atoms with Crippen molar-refractivity contribution in [1.29, 1.82) is 0 Å². The highest BCUT2D eigenvalue weighted by Crippen LogP contribution is 2.52. The quantitative estimate of drug-likeness (QED) is 0.151. The van der Waals surface area contributed by atoms with Crippen molar-refractivity contribution >= 4 is 51.2 Å². The molecule has 7 aromatic carbocycles. The summed E-state index contributed by atoms with van der Waals surface area (Å²) in [6, 6.07) is 49.4.